The van der Waals surface area contributed by atoms with E-state index in [0.717, 1.165) is 25.9 Å². The summed E-state index contributed by atoms with van der Waals surface area (Å²) in [6.07, 6.45) is 2.27. The minimum absolute atomic E-state index is 0.284. The second-order valence-electron chi connectivity index (χ2n) is 5.35. The zero-order valence-electron chi connectivity index (χ0n) is 11.8. The molecule has 0 bridgehead atoms. The number of likely N-dealkylation sites (N-methyl/N-ethyl adjacent to an activating group) is 2. The highest BCUT2D eigenvalue weighted by atomic mass is 19.1. The Balaban J connectivity index is 2.19. The van der Waals surface area contributed by atoms with Crippen LogP contribution < -0.4 is 10.6 Å². The Kier molecular flexibility index (Phi) is 4.13. The van der Waals surface area contributed by atoms with Crippen LogP contribution >= 0.6 is 0 Å². The van der Waals surface area contributed by atoms with Crippen LogP contribution in [-0.2, 0) is 0 Å². The van der Waals surface area contributed by atoms with Crippen molar-refractivity contribution in [3.8, 4) is 0 Å². The second-order valence-corrected chi connectivity index (χ2v) is 5.35. The van der Waals surface area contributed by atoms with Gasteiger partial charge in [-0.15, -0.1) is 0 Å². The normalized spacial score (nSPS) is 19.2. The summed E-state index contributed by atoms with van der Waals surface area (Å²) in [5.74, 6) is -2.06. The third-order valence-corrected chi connectivity index (χ3v) is 3.91. The molecule has 1 aromatic carbocycles. The van der Waals surface area contributed by atoms with E-state index in [1.807, 2.05) is 11.9 Å². The van der Waals surface area contributed by atoms with Crippen LogP contribution in [0.4, 0.5) is 15.8 Å². The van der Waals surface area contributed by atoms with E-state index in [1.165, 1.54) is 12.1 Å². The van der Waals surface area contributed by atoms with Gasteiger partial charge in [-0.05, 0) is 32.5 Å². The number of nitrogen functional groups attached to an aromatic ring is 1. The van der Waals surface area contributed by atoms with Gasteiger partial charge in [0, 0.05) is 25.7 Å². The number of halogens is 1. The lowest BCUT2D eigenvalue weighted by atomic mass is 10.1. The second kappa shape index (κ2) is 5.66. The van der Waals surface area contributed by atoms with Crippen LogP contribution in [0.1, 0.15) is 23.2 Å². The molecule has 110 valence electrons. The van der Waals surface area contributed by atoms with Crippen molar-refractivity contribution in [1.82, 2.24) is 4.90 Å². The fraction of sp³-hybridized carbons (Fsp3) is 0.500. The highest BCUT2D eigenvalue weighted by molar-refractivity contribution is 5.90. The van der Waals surface area contributed by atoms with Gasteiger partial charge in [0.1, 0.15) is 5.82 Å². The lowest BCUT2D eigenvalue weighted by Crippen LogP contribution is -2.37. The van der Waals surface area contributed by atoms with Crippen LogP contribution in [0, 0.1) is 5.82 Å². The molecule has 0 aliphatic carbocycles. The SMILES string of the molecule is CN(CC1CCCN1C)c1cc(F)c(C(=O)O)cc1N. The molecule has 1 fully saturated rings. The van der Waals surface area contributed by atoms with Gasteiger partial charge < -0.3 is 20.6 Å². The van der Waals surface area contributed by atoms with Crippen molar-refractivity contribution in [2.24, 2.45) is 0 Å². The lowest BCUT2D eigenvalue weighted by Gasteiger charge is -2.28. The van der Waals surface area contributed by atoms with Crippen molar-refractivity contribution in [3.63, 3.8) is 0 Å². The number of rotatable bonds is 4. The molecule has 0 saturated carbocycles. The molecule has 6 heteroatoms. The monoisotopic (exact) mass is 281 g/mol. The van der Waals surface area contributed by atoms with Crippen molar-refractivity contribution in [1.29, 1.82) is 0 Å². The number of likely N-dealkylation sites (tertiary alicyclic amines) is 1. The molecule has 1 unspecified atom stereocenters. The summed E-state index contributed by atoms with van der Waals surface area (Å²) < 4.78 is 13.8. The molecule has 0 radical (unpaired) electrons. The summed E-state index contributed by atoms with van der Waals surface area (Å²) in [6.45, 7) is 1.81. The Labute approximate surface area is 117 Å². The third-order valence-electron chi connectivity index (χ3n) is 3.91. The summed E-state index contributed by atoms with van der Waals surface area (Å²) in [4.78, 5) is 15.0. The van der Waals surface area contributed by atoms with Gasteiger partial charge in [0.15, 0.2) is 0 Å². The molecule has 1 saturated heterocycles. The quantitative estimate of drug-likeness (QED) is 0.821. The summed E-state index contributed by atoms with van der Waals surface area (Å²) in [7, 11) is 3.92. The maximum atomic E-state index is 13.8. The highest BCUT2D eigenvalue weighted by Gasteiger charge is 2.23. The van der Waals surface area contributed by atoms with Gasteiger partial charge in [-0.3, -0.25) is 0 Å². The van der Waals surface area contributed by atoms with Gasteiger partial charge in [-0.25, -0.2) is 9.18 Å². The first-order valence-electron chi connectivity index (χ1n) is 6.64. The van der Waals surface area contributed by atoms with E-state index < -0.39 is 17.3 Å². The molecule has 0 amide bonds. The van der Waals surface area contributed by atoms with Crippen molar-refractivity contribution in [2.45, 2.75) is 18.9 Å². The van der Waals surface area contributed by atoms with Gasteiger partial charge in [-0.1, -0.05) is 0 Å². The van der Waals surface area contributed by atoms with Crippen LogP contribution in [0.2, 0.25) is 0 Å². The largest absolute Gasteiger partial charge is 0.478 e. The molecule has 1 aromatic rings. The number of anilines is 2. The van der Waals surface area contributed by atoms with Crippen LogP contribution in [0.5, 0.6) is 0 Å². The van der Waals surface area contributed by atoms with Crippen molar-refractivity contribution in [2.75, 3.05) is 37.8 Å². The zero-order chi connectivity index (χ0) is 14.9. The number of nitrogens with two attached hydrogens (primary N) is 1. The van der Waals surface area contributed by atoms with Crippen molar-refractivity contribution < 1.29 is 14.3 Å². The minimum Gasteiger partial charge on any atom is -0.478 e. The summed E-state index contributed by atoms with van der Waals surface area (Å²) in [6, 6.07) is 2.80. The Morgan fingerprint density at radius 3 is 2.85 bits per heavy atom. The Morgan fingerprint density at radius 2 is 2.30 bits per heavy atom. The summed E-state index contributed by atoms with van der Waals surface area (Å²) >= 11 is 0. The van der Waals surface area contributed by atoms with E-state index in [2.05, 4.69) is 11.9 Å². The molecule has 5 nitrogen and oxygen atoms in total. The summed E-state index contributed by atoms with van der Waals surface area (Å²) in [5, 5.41) is 8.87. The molecular weight excluding hydrogens is 261 g/mol. The van der Waals surface area contributed by atoms with Gasteiger partial charge in [0.2, 0.25) is 0 Å². The highest BCUT2D eigenvalue weighted by Crippen LogP contribution is 2.27. The van der Waals surface area contributed by atoms with E-state index in [-0.39, 0.29) is 5.69 Å². The topological polar surface area (TPSA) is 69.8 Å². The van der Waals surface area contributed by atoms with Crippen LogP contribution in [0.3, 0.4) is 0 Å². The maximum Gasteiger partial charge on any atom is 0.338 e. The van der Waals surface area contributed by atoms with E-state index >= 15 is 0 Å². The lowest BCUT2D eigenvalue weighted by molar-refractivity contribution is 0.0692. The Morgan fingerprint density at radius 1 is 1.60 bits per heavy atom. The number of carboxylic acid groups (broad SMARTS) is 1. The van der Waals surface area contributed by atoms with Crippen LogP contribution in [0.15, 0.2) is 12.1 Å². The number of aromatic carboxylic acids is 1. The molecule has 1 atom stereocenters. The van der Waals surface area contributed by atoms with E-state index in [9.17, 15) is 9.18 Å². The number of nitrogens with zero attached hydrogens (tertiary/aromatic N) is 2. The predicted octanol–water partition coefficient (Wildman–Crippen LogP) is 1.64. The molecule has 0 aromatic heterocycles. The van der Waals surface area contributed by atoms with Crippen molar-refractivity contribution >= 4 is 17.3 Å². The van der Waals surface area contributed by atoms with Gasteiger partial charge in [0.25, 0.3) is 0 Å². The average Bonchev–Trinajstić information content (AvgIpc) is 2.77. The minimum atomic E-state index is -1.31. The standard InChI is InChI=1S/C14H20FN3O2/c1-17-5-3-4-9(17)8-18(2)13-7-11(15)10(14(19)20)6-12(13)16/h6-7,9H,3-5,8,16H2,1-2H3,(H,19,20). The number of hydrogen-bond acceptors (Lipinski definition) is 4. The molecule has 0 spiro atoms. The van der Waals surface area contributed by atoms with Crippen LogP contribution in [-0.4, -0.2) is 49.2 Å². The molecule has 1 aliphatic rings. The van der Waals surface area contributed by atoms with Gasteiger partial charge >= 0.3 is 5.97 Å². The first-order valence-corrected chi connectivity index (χ1v) is 6.64. The van der Waals surface area contributed by atoms with E-state index in [4.69, 9.17) is 10.8 Å². The molecule has 2 rings (SSSR count). The van der Waals surface area contributed by atoms with E-state index in [1.54, 1.807) is 0 Å². The first-order chi connectivity index (χ1) is 9.40. The van der Waals surface area contributed by atoms with Gasteiger partial charge in [-0.2, -0.15) is 0 Å². The third kappa shape index (κ3) is 2.85. The smallest absolute Gasteiger partial charge is 0.338 e. The number of carbonyl (C=O) groups is 1. The molecule has 1 aliphatic heterocycles. The molecule has 3 N–H and O–H groups in total. The zero-order valence-corrected chi connectivity index (χ0v) is 11.8. The average molecular weight is 281 g/mol. The Hall–Kier alpha value is -1.82. The first kappa shape index (κ1) is 14.6. The predicted molar refractivity (Wildman–Crippen MR) is 76.7 cm³/mol. The fourth-order valence-corrected chi connectivity index (χ4v) is 2.70. The maximum absolute atomic E-state index is 13.8. The fourth-order valence-electron chi connectivity index (χ4n) is 2.70. The summed E-state index contributed by atoms with van der Waals surface area (Å²) in [5.41, 5.74) is 6.28. The van der Waals surface area contributed by atoms with Crippen LogP contribution in [0.25, 0.3) is 0 Å². The van der Waals surface area contributed by atoms with Gasteiger partial charge in [0.05, 0.1) is 16.9 Å². The molecule has 1 heterocycles. The number of hydrogen-bond donors (Lipinski definition) is 2. The van der Waals surface area contributed by atoms with Crippen molar-refractivity contribution in [3.05, 3.63) is 23.5 Å². The number of benzene rings is 1. The molecular formula is C14H20FN3O2. The Bertz CT molecular complexity index is 521. The van der Waals surface area contributed by atoms with E-state index in [0.29, 0.717) is 11.7 Å². The molecule has 20 heavy (non-hydrogen) atoms. The number of carboxylic acids is 1.